The number of aromatic nitrogens is 2. The first kappa shape index (κ1) is 21.2. The molecule has 0 bridgehead atoms. The van der Waals surface area contributed by atoms with Gasteiger partial charge in [-0.2, -0.15) is 8.78 Å². The lowest BCUT2D eigenvalue weighted by molar-refractivity contribution is -0.0498. The smallest absolute Gasteiger partial charge is 0.387 e. The Hall–Kier alpha value is -3.71. The predicted octanol–water partition coefficient (Wildman–Crippen LogP) is 6.43. The molecule has 0 aliphatic carbocycles. The summed E-state index contributed by atoms with van der Waals surface area (Å²) in [5.74, 6) is 0.638. The van der Waals surface area contributed by atoms with E-state index in [1.165, 1.54) is 28.5 Å². The van der Waals surface area contributed by atoms with E-state index in [0.717, 1.165) is 16.3 Å². The zero-order valence-corrected chi connectivity index (χ0v) is 18.1. The summed E-state index contributed by atoms with van der Waals surface area (Å²) in [6.07, 6.45) is 0. The van der Waals surface area contributed by atoms with Crippen molar-refractivity contribution in [3.63, 3.8) is 0 Å². The SMILES string of the molecule is O=c1c2ccccc2nc(SCc2cccc3ccccc23)n1-c1ccc(OC(F)F)cc1. The maximum absolute atomic E-state index is 13.4. The van der Waals surface area contributed by atoms with E-state index < -0.39 is 6.61 Å². The normalized spacial score (nSPS) is 11.4. The molecule has 0 unspecified atom stereocenters. The molecule has 1 aromatic heterocycles. The fourth-order valence-corrected chi connectivity index (χ4v) is 4.79. The Morgan fingerprint density at radius 3 is 2.33 bits per heavy atom. The van der Waals surface area contributed by atoms with Gasteiger partial charge < -0.3 is 4.74 Å². The Labute approximate surface area is 192 Å². The zero-order valence-electron chi connectivity index (χ0n) is 17.3. The second-order valence-electron chi connectivity index (χ2n) is 7.35. The van der Waals surface area contributed by atoms with Crippen molar-refractivity contribution in [3.05, 3.63) is 107 Å². The molecule has 0 spiro atoms. The van der Waals surface area contributed by atoms with E-state index in [2.05, 4.69) is 29.0 Å². The first-order valence-electron chi connectivity index (χ1n) is 10.3. The largest absolute Gasteiger partial charge is 0.435 e. The van der Waals surface area contributed by atoms with Gasteiger partial charge in [0, 0.05) is 5.75 Å². The van der Waals surface area contributed by atoms with Gasteiger partial charge in [-0.05, 0) is 52.7 Å². The highest BCUT2D eigenvalue weighted by Crippen LogP contribution is 2.29. The highest BCUT2D eigenvalue weighted by Gasteiger charge is 2.15. The topological polar surface area (TPSA) is 44.1 Å². The van der Waals surface area contributed by atoms with Gasteiger partial charge in [0.25, 0.3) is 5.56 Å². The van der Waals surface area contributed by atoms with Gasteiger partial charge in [-0.1, -0.05) is 66.4 Å². The molecule has 0 fully saturated rings. The van der Waals surface area contributed by atoms with Crippen LogP contribution in [0.3, 0.4) is 0 Å². The van der Waals surface area contributed by atoms with Gasteiger partial charge in [-0.15, -0.1) is 0 Å². The van der Waals surface area contributed by atoms with E-state index in [1.54, 1.807) is 24.3 Å². The van der Waals surface area contributed by atoms with Gasteiger partial charge in [0.1, 0.15) is 5.75 Å². The van der Waals surface area contributed by atoms with Crippen LogP contribution < -0.4 is 10.3 Å². The van der Waals surface area contributed by atoms with Crippen LogP contribution in [0.4, 0.5) is 8.78 Å². The Morgan fingerprint density at radius 1 is 0.848 bits per heavy atom. The first-order valence-corrected chi connectivity index (χ1v) is 11.3. The fraction of sp³-hybridized carbons (Fsp3) is 0.0769. The molecule has 164 valence electrons. The molecule has 0 amide bonds. The molecule has 4 aromatic carbocycles. The minimum absolute atomic E-state index is 0.0282. The summed E-state index contributed by atoms with van der Waals surface area (Å²) in [7, 11) is 0. The molecule has 4 nitrogen and oxygen atoms in total. The van der Waals surface area contributed by atoms with Crippen LogP contribution in [0, 0.1) is 0 Å². The number of ether oxygens (including phenoxy) is 1. The van der Waals surface area contributed by atoms with Gasteiger partial charge in [0.2, 0.25) is 0 Å². The molecule has 0 radical (unpaired) electrons. The summed E-state index contributed by atoms with van der Waals surface area (Å²) in [6.45, 7) is -2.91. The lowest BCUT2D eigenvalue weighted by Crippen LogP contribution is -2.21. The van der Waals surface area contributed by atoms with Gasteiger partial charge in [0.05, 0.1) is 16.6 Å². The molecule has 0 atom stereocenters. The Balaban J connectivity index is 1.58. The number of nitrogens with zero attached hydrogens (tertiary/aromatic N) is 2. The van der Waals surface area contributed by atoms with Crippen molar-refractivity contribution in [2.24, 2.45) is 0 Å². The third-order valence-corrected chi connectivity index (χ3v) is 6.29. The number of para-hydroxylation sites is 1. The van der Waals surface area contributed by atoms with Crippen LogP contribution in [0.15, 0.2) is 101 Å². The number of benzene rings is 4. The molecule has 7 heteroatoms. The van der Waals surface area contributed by atoms with Crippen molar-refractivity contribution < 1.29 is 13.5 Å². The predicted molar refractivity (Wildman–Crippen MR) is 127 cm³/mol. The number of thioether (sulfide) groups is 1. The number of hydrogen-bond donors (Lipinski definition) is 0. The summed E-state index contributed by atoms with van der Waals surface area (Å²) in [6, 6.07) is 27.5. The molecule has 0 saturated heterocycles. The minimum Gasteiger partial charge on any atom is -0.435 e. The standard InChI is InChI=1S/C26H18F2N2O2S/c27-25(28)32-20-14-12-19(13-15-20)30-24(31)22-10-3-4-11-23(22)29-26(30)33-16-18-8-5-7-17-6-1-2-9-21(17)18/h1-15,25H,16H2. The minimum atomic E-state index is -2.91. The van der Waals surface area contributed by atoms with Gasteiger partial charge in [-0.3, -0.25) is 9.36 Å². The highest BCUT2D eigenvalue weighted by molar-refractivity contribution is 7.98. The van der Waals surface area contributed by atoms with Crippen molar-refractivity contribution in [3.8, 4) is 11.4 Å². The highest BCUT2D eigenvalue weighted by atomic mass is 32.2. The molecular formula is C26H18F2N2O2S. The van der Waals surface area contributed by atoms with Gasteiger partial charge >= 0.3 is 6.61 Å². The van der Waals surface area contributed by atoms with Crippen LogP contribution in [-0.4, -0.2) is 16.2 Å². The number of alkyl halides is 2. The average Bonchev–Trinajstić information content (AvgIpc) is 2.83. The van der Waals surface area contributed by atoms with E-state index in [4.69, 9.17) is 4.98 Å². The van der Waals surface area contributed by atoms with Crippen molar-refractivity contribution in [2.45, 2.75) is 17.5 Å². The Kier molecular flexibility index (Phi) is 5.79. The number of hydrogen-bond acceptors (Lipinski definition) is 4. The summed E-state index contributed by atoms with van der Waals surface area (Å²) < 4.78 is 31.0. The molecular weight excluding hydrogens is 442 g/mol. The number of rotatable bonds is 6. The average molecular weight is 461 g/mol. The van der Waals surface area contributed by atoms with Crippen molar-refractivity contribution in [2.75, 3.05) is 0 Å². The number of halogens is 2. The Bertz CT molecular complexity index is 1500. The van der Waals surface area contributed by atoms with Crippen LogP contribution >= 0.6 is 11.8 Å². The third kappa shape index (κ3) is 4.32. The fourth-order valence-electron chi connectivity index (χ4n) is 3.77. The van der Waals surface area contributed by atoms with Crippen molar-refractivity contribution in [1.82, 2.24) is 9.55 Å². The summed E-state index contributed by atoms with van der Waals surface area (Å²) >= 11 is 1.45. The van der Waals surface area contributed by atoms with Crippen LogP contribution in [0.5, 0.6) is 5.75 Å². The molecule has 0 aliphatic heterocycles. The molecule has 33 heavy (non-hydrogen) atoms. The summed E-state index contributed by atoms with van der Waals surface area (Å²) in [4.78, 5) is 18.1. The van der Waals surface area contributed by atoms with Crippen LogP contribution in [0.2, 0.25) is 0 Å². The monoisotopic (exact) mass is 460 g/mol. The second-order valence-corrected chi connectivity index (χ2v) is 8.29. The number of fused-ring (bicyclic) bond motifs is 2. The van der Waals surface area contributed by atoms with Crippen LogP contribution in [0.1, 0.15) is 5.56 Å². The molecule has 0 N–H and O–H groups in total. The lowest BCUT2D eigenvalue weighted by atomic mass is 10.1. The van der Waals surface area contributed by atoms with E-state index in [-0.39, 0.29) is 11.3 Å². The molecule has 0 saturated carbocycles. The maximum Gasteiger partial charge on any atom is 0.387 e. The summed E-state index contributed by atoms with van der Waals surface area (Å²) in [5, 5.41) is 3.30. The van der Waals surface area contributed by atoms with Crippen molar-refractivity contribution in [1.29, 1.82) is 0 Å². The first-order chi connectivity index (χ1) is 16.1. The summed E-state index contributed by atoms with van der Waals surface area (Å²) in [5.41, 5.74) is 2.05. The van der Waals surface area contributed by atoms with E-state index >= 15 is 0 Å². The van der Waals surface area contributed by atoms with Gasteiger partial charge in [-0.25, -0.2) is 4.98 Å². The molecule has 5 rings (SSSR count). The van der Waals surface area contributed by atoms with Crippen LogP contribution in [0.25, 0.3) is 27.4 Å². The van der Waals surface area contributed by atoms with E-state index in [1.807, 2.05) is 30.3 Å². The van der Waals surface area contributed by atoms with Gasteiger partial charge in [0.15, 0.2) is 5.16 Å². The van der Waals surface area contributed by atoms with Crippen molar-refractivity contribution >= 4 is 33.4 Å². The molecule has 5 aromatic rings. The third-order valence-electron chi connectivity index (χ3n) is 5.30. The van der Waals surface area contributed by atoms with E-state index in [9.17, 15) is 13.6 Å². The quantitative estimate of drug-likeness (QED) is 0.216. The zero-order chi connectivity index (χ0) is 22.8. The molecule has 1 heterocycles. The Morgan fingerprint density at radius 2 is 1.55 bits per heavy atom. The molecule has 0 aliphatic rings. The van der Waals surface area contributed by atoms with Crippen LogP contribution in [-0.2, 0) is 5.75 Å². The maximum atomic E-state index is 13.4. The lowest BCUT2D eigenvalue weighted by Gasteiger charge is -2.14. The second kappa shape index (κ2) is 9.03. The van der Waals surface area contributed by atoms with E-state index in [0.29, 0.717) is 27.5 Å².